The first kappa shape index (κ1) is 7.84. The summed E-state index contributed by atoms with van der Waals surface area (Å²) in [6.07, 6.45) is 5.90. The van der Waals surface area contributed by atoms with Crippen LogP contribution in [0.15, 0.2) is 18.2 Å². The molecule has 4 rings (SSSR count). The third-order valence-corrected chi connectivity index (χ3v) is 5.93. The third-order valence-electron chi connectivity index (χ3n) is 5.93. The molecule has 2 aliphatic carbocycles. The van der Waals surface area contributed by atoms with E-state index < -0.39 is 14.0 Å². The topological polar surface area (TPSA) is 12.5 Å². The second kappa shape index (κ2) is 4.49. The zero-order valence-corrected chi connectivity index (χ0v) is 11.7. The fourth-order valence-electron chi connectivity index (χ4n) is 5.05. The minimum atomic E-state index is -2.46. The fourth-order valence-corrected chi connectivity index (χ4v) is 5.05. The molecule has 0 spiro atoms. The van der Waals surface area contributed by atoms with Crippen LogP contribution in [0.1, 0.15) is 51.5 Å². The molecule has 1 heterocycles. The molecule has 20 heavy (non-hydrogen) atoms. The maximum Gasteiger partial charge on any atom is 0.119 e. The maximum atomic E-state index is 7.95. The Bertz CT molecular complexity index is 700. The highest BCUT2D eigenvalue weighted by atomic mass is 16.5. The van der Waals surface area contributed by atoms with Crippen LogP contribution < -0.4 is 4.74 Å². The summed E-state index contributed by atoms with van der Waals surface area (Å²) in [5.41, 5.74) is 2.32. The Morgan fingerprint density at radius 3 is 3.25 bits per heavy atom. The summed E-state index contributed by atoms with van der Waals surface area (Å²) in [5, 5.41) is 0. The lowest BCUT2D eigenvalue weighted by molar-refractivity contribution is 0.00274. The lowest BCUT2D eigenvalue weighted by atomic mass is 9.52. The highest BCUT2D eigenvalue weighted by molar-refractivity contribution is 5.45. The van der Waals surface area contributed by atoms with Gasteiger partial charge in [-0.05, 0) is 68.4 Å². The van der Waals surface area contributed by atoms with E-state index in [1.807, 2.05) is 12.1 Å². The van der Waals surface area contributed by atoms with Gasteiger partial charge in [-0.25, -0.2) is 0 Å². The quantitative estimate of drug-likeness (QED) is 0.780. The SMILES string of the molecule is [2H]C([2H])([2H])Oc1ccc2c(c1)C13CCCCC1C(C2)N(C([2H])([2H])[2H])CC3. The highest BCUT2D eigenvalue weighted by Crippen LogP contribution is 2.55. The summed E-state index contributed by atoms with van der Waals surface area (Å²) in [6, 6.07) is 5.61. The van der Waals surface area contributed by atoms with Gasteiger partial charge >= 0.3 is 0 Å². The molecule has 2 nitrogen and oxygen atoms in total. The molecule has 0 radical (unpaired) electrons. The van der Waals surface area contributed by atoms with Crippen LogP contribution in [-0.4, -0.2) is 31.5 Å². The standard InChI is InChI=1S/C18H25NO/c1-19-10-9-18-8-4-3-5-15(18)17(19)11-13-6-7-14(20-2)12-16(13)18/h6-7,12,15,17H,3-5,8-11H2,1-2H3/i1D3,2D3. The zero-order chi connectivity index (χ0) is 18.7. The molecule has 2 heteroatoms. The Morgan fingerprint density at radius 2 is 2.35 bits per heavy atom. The average molecular weight is 277 g/mol. The van der Waals surface area contributed by atoms with E-state index in [0.29, 0.717) is 24.6 Å². The van der Waals surface area contributed by atoms with Crippen LogP contribution in [0.3, 0.4) is 0 Å². The monoisotopic (exact) mass is 277 g/mol. The van der Waals surface area contributed by atoms with E-state index in [2.05, 4.69) is 0 Å². The van der Waals surface area contributed by atoms with Crippen LogP contribution in [0.4, 0.5) is 0 Å². The number of piperidine rings is 1. The summed E-state index contributed by atoms with van der Waals surface area (Å²) in [4.78, 5) is 1.73. The number of benzene rings is 1. The molecule has 0 amide bonds. The Labute approximate surface area is 130 Å². The van der Waals surface area contributed by atoms with Crippen molar-refractivity contribution in [2.75, 3.05) is 20.6 Å². The van der Waals surface area contributed by atoms with Crippen LogP contribution in [0.5, 0.6) is 5.75 Å². The second-order valence-corrected chi connectivity index (χ2v) is 6.64. The summed E-state index contributed by atoms with van der Waals surface area (Å²) < 4.78 is 51.1. The van der Waals surface area contributed by atoms with Gasteiger partial charge in [-0.2, -0.15) is 0 Å². The third kappa shape index (κ3) is 1.60. The van der Waals surface area contributed by atoms with Gasteiger partial charge < -0.3 is 9.64 Å². The molecule has 0 N–H and O–H groups in total. The van der Waals surface area contributed by atoms with Gasteiger partial charge in [-0.1, -0.05) is 18.9 Å². The van der Waals surface area contributed by atoms with Crippen LogP contribution >= 0.6 is 0 Å². The molecular formula is C18H25NO. The highest BCUT2D eigenvalue weighted by Gasteiger charge is 2.53. The van der Waals surface area contributed by atoms with E-state index in [1.54, 1.807) is 11.0 Å². The summed E-state index contributed by atoms with van der Waals surface area (Å²) >= 11 is 0. The predicted octanol–water partition coefficient (Wildman–Crippen LogP) is 3.38. The molecule has 2 bridgehead atoms. The first-order valence-corrected chi connectivity index (χ1v) is 7.69. The van der Waals surface area contributed by atoms with Gasteiger partial charge in [0.1, 0.15) is 5.75 Å². The van der Waals surface area contributed by atoms with Gasteiger partial charge in [-0.3, -0.25) is 0 Å². The first-order valence-electron chi connectivity index (χ1n) is 10.7. The van der Waals surface area contributed by atoms with Crippen molar-refractivity contribution in [2.24, 2.45) is 5.92 Å². The fraction of sp³-hybridized carbons (Fsp3) is 0.667. The summed E-state index contributed by atoms with van der Waals surface area (Å²) in [7, 11) is -2.46. The number of hydrogen-bond donors (Lipinski definition) is 0. The smallest absolute Gasteiger partial charge is 0.119 e. The van der Waals surface area contributed by atoms with Gasteiger partial charge in [0.15, 0.2) is 0 Å². The first-order chi connectivity index (χ1) is 12.1. The van der Waals surface area contributed by atoms with Gasteiger partial charge in [0, 0.05) is 15.6 Å². The molecule has 0 aromatic heterocycles. The Balaban J connectivity index is 1.78. The second-order valence-electron chi connectivity index (χ2n) is 6.64. The predicted molar refractivity (Wildman–Crippen MR) is 81.4 cm³/mol. The molecule has 3 unspecified atom stereocenters. The Morgan fingerprint density at radius 1 is 1.35 bits per heavy atom. The molecule has 1 saturated heterocycles. The van der Waals surface area contributed by atoms with Crippen LogP contribution in [0, 0.1) is 5.92 Å². The number of methoxy groups -OCH3 is 1. The summed E-state index contributed by atoms with van der Waals surface area (Å²) in [6.45, 7) is -1.49. The maximum absolute atomic E-state index is 7.95. The molecule has 3 atom stereocenters. The lowest BCUT2D eigenvalue weighted by Gasteiger charge is -2.58. The van der Waals surface area contributed by atoms with E-state index >= 15 is 0 Å². The van der Waals surface area contributed by atoms with Crippen LogP contribution in [0.2, 0.25) is 0 Å². The molecule has 1 aliphatic heterocycles. The minimum absolute atomic E-state index is 0.0354. The van der Waals surface area contributed by atoms with Crippen LogP contribution in [0.25, 0.3) is 0 Å². The molecule has 1 aromatic rings. The zero-order valence-electron chi connectivity index (χ0n) is 17.7. The largest absolute Gasteiger partial charge is 0.497 e. The van der Waals surface area contributed by atoms with E-state index in [1.165, 1.54) is 5.56 Å². The number of hydrogen-bond acceptors (Lipinski definition) is 2. The normalized spacial score (nSPS) is 41.8. The molecule has 3 aliphatic rings. The number of likely N-dealkylation sites (tertiary alicyclic amines) is 1. The van der Waals surface area contributed by atoms with Gasteiger partial charge in [0.05, 0.1) is 11.2 Å². The van der Waals surface area contributed by atoms with Crippen molar-refractivity contribution in [2.45, 2.75) is 50.0 Å². The van der Waals surface area contributed by atoms with Gasteiger partial charge in [0.25, 0.3) is 0 Å². The van der Waals surface area contributed by atoms with E-state index in [0.717, 1.165) is 37.7 Å². The van der Waals surface area contributed by atoms with Crippen molar-refractivity contribution in [1.29, 1.82) is 0 Å². The molecule has 108 valence electrons. The van der Waals surface area contributed by atoms with Crippen molar-refractivity contribution in [1.82, 2.24) is 4.90 Å². The van der Waals surface area contributed by atoms with Gasteiger partial charge in [-0.15, -0.1) is 0 Å². The van der Waals surface area contributed by atoms with Crippen LogP contribution in [-0.2, 0) is 11.8 Å². The average Bonchev–Trinajstić information content (AvgIpc) is 2.53. The molecule has 1 aromatic carbocycles. The minimum Gasteiger partial charge on any atom is -0.497 e. The van der Waals surface area contributed by atoms with Crippen molar-refractivity contribution in [3.63, 3.8) is 0 Å². The van der Waals surface area contributed by atoms with Crippen molar-refractivity contribution in [3.8, 4) is 5.75 Å². The van der Waals surface area contributed by atoms with E-state index in [4.69, 9.17) is 13.0 Å². The number of fused-ring (bicyclic) bond motifs is 1. The number of rotatable bonds is 1. The molecule has 2 fully saturated rings. The lowest BCUT2D eigenvalue weighted by Crippen LogP contribution is -2.59. The number of nitrogens with zero attached hydrogens (tertiary/aromatic N) is 1. The Kier molecular flexibility index (Phi) is 1.76. The van der Waals surface area contributed by atoms with Crippen molar-refractivity contribution >= 4 is 0 Å². The van der Waals surface area contributed by atoms with Crippen molar-refractivity contribution < 1.29 is 13.0 Å². The molecular weight excluding hydrogens is 246 g/mol. The molecule has 1 saturated carbocycles. The number of likely N-dealkylation sites (N-methyl/N-ethyl adjacent to an activating group) is 1. The van der Waals surface area contributed by atoms with E-state index in [9.17, 15) is 0 Å². The Hall–Kier alpha value is -1.02. The van der Waals surface area contributed by atoms with Crippen molar-refractivity contribution in [3.05, 3.63) is 29.3 Å². The van der Waals surface area contributed by atoms with Gasteiger partial charge in [0.2, 0.25) is 0 Å². The number of ether oxygens (including phenoxy) is 1. The summed E-state index contributed by atoms with van der Waals surface area (Å²) in [5.74, 6) is 0.708. The van der Waals surface area contributed by atoms with E-state index in [-0.39, 0.29) is 11.5 Å².